The van der Waals surface area contributed by atoms with Gasteiger partial charge >= 0.3 is 0 Å². The summed E-state index contributed by atoms with van der Waals surface area (Å²) in [7, 11) is 5.98. The van der Waals surface area contributed by atoms with Gasteiger partial charge < -0.3 is 10.0 Å². The van der Waals surface area contributed by atoms with Crippen LogP contribution in [0.5, 0.6) is 0 Å². The summed E-state index contributed by atoms with van der Waals surface area (Å²) < 4.78 is 1.77. The molecule has 1 aromatic heterocycles. The minimum absolute atomic E-state index is 0.109. The number of hydrogen-bond donors (Lipinski definition) is 1. The van der Waals surface area contributed by atoms with E-state index in [1.165, 1.54) is 6.42 Å². The Morgan fingerprint density at radius 2 is 2.11 bits per heavy atom. The highest BCUT2D eigenvalue weighted by molar-refractivity contribution is 5.76. The maximum Gasteiger partial charge on any atom is 0.222 e. The Hall–Kier alpha value is -1.40. The van der Waals surface area contributed by atoms with Gasteiger partial charge in [0.1, 0.15) is 0 Å². The number of likely N-dealkylation sites (tertiary alicyclic amines) is 1. The lowest BCUT2D eigenvalue weighted by molar-refractivity contribution is -0.130. The molecule has 0 bridgehead atoms. The molecule has 1 aliphatic carbocycles. The van der Waals surface area contributed by atoms with Gasteiger partial charge in [-0.25, -0.2) is 0 Å². The fourth-order valence-corrected chi connectivity index (χ4v) is 5.32. The first kappa shape index (κ1) is 20.3. The lowest BCUT2D eigenvalue weighted by Crippen LogP contribution is -2.50. The van der Waals surface area contributed by atoms with E-state index in [0.717, 1.165) is 44.2 Å². The maximum absolute atomic E-state index is 12.6. The molecule has 1 aromatic rings. The summed E-state index contributed by atoms with van der Waals surface area (Å²) in [6, 6.07) is 0.691. The van der Waals surface area contributed by atoms with Gasteiger partial charge in [0.15, 0.2) is 0 Å². The van der Waals surface area contributed by atoms with Crippen LogP contribution in [0.1, 0.15) is 57.9 Å². The molecule has 1 aliphatic heterocycles. The molecule has 2 fully saturated rings. The van der Waals surface area contributed by atoms with Gasteiger partial charge in [-0.3, -0.25) is 14.4 Å². The average molecular weight is 377 g/mol. The zero-order valence-corrected chi connectivity index (χ0v) is 17.6. The fourth-order valence-electron chi connectivity index (χ4n) is 5.32. The van der Waals surface area contributed by atoms with E-state index >= 15 is 0 Å². The largest absolute Gasteiger partial charge is 0.390 e. The molecule has 0 radical (unpaired) electrons. The van der Waals surface area contributed by atoms with Crippen LogP contribution in [0.2, 0.25) is 0 Å². The van der Waals surface area contributed by atoms with Gasteiger partial charge in [-0.1, -0.05) is 19.8 Å². The Balaban J connectivity index is 1.60. The summed E-state index contributed by atoms with van der Waals surface area (Å²) in [6.45, 7) is 5.00. The number of likely N-dealkylation sites (N-methyl/N-ethyl adjacent to an activating group) is 2. The molecule has 3 rings (SSSR count). The SMILES string of the molecule is CN(C[C@H]1C[C@]2(C)[C@@H](CCCC[C@]2(C)O)N1C)C(=O)CCc1cnn(C)c1. The normalized spacial score (nSPS) is 34.3. The Bertz CT molecular complexity index is 671. The van der Waals surface area contributed by atoms with E-state index < -0.39 is 5.60 Å². The van der Waals surface area contributed by atoms with Crippen molar-refractivity contribution in [2.45, 2.75) is 76.5 Å². The molecule has 1 N–H and O–H groups in total. The molecule has 1 saturated carbocycles. The number of hydrogen-bond acceptors (Lipinski definition) is 4. The summed E-state index contributed by atoms with van der Waals surface area (Å²) in [5, 5.41) is 15.3. The minimum Gasteiger partial charge on any atom is -0.390 e. The summed E-state index contributed by atoms with van der Waals surface area (Å²) in [5.74, 6) is 0.177. The molecule has 0 aromatic carbocycles. The van der Waals surface area contributed by atoms with Crippen molar-refractivity contribution >= 4 is 5.91 Å². The molecular formula is C21H36N4O2. The van der Waals surface area contributed by atoms with Gasteiger partial charge in [0.05, 0.1) is 11.8 Å². The Labute approximate surface area is 163 Å². The Kier molecular flexibility index (Phi) is 5.69. The average Bonchev–Trinajstić information content (AvgIpc) is 3.09. The number of rotatable bonds is 5. The van der Waals surface area contributed by atoms with Crippen LogP contribution in [-0.4, -0.2) is 68.9 Å². The Morgan fingerprint density at radius 1 is 1.37 bits per heavy atom. The van der Waals surface area contributed by atoms with Crippen LogP contribution in [0, 0.1) is 5.41 Å². The molecule has 2 heterocycles. The zero-order valence-electron chi connectivity index (χ0n) is 17.6. The van der Waals surface area contributed by atoms with Gasteiger partial charge in [0, 0.05) is 50.8 Å². The van der Waals surface area contributed by atoms with Crippen molar-refractivity contribution in [1.29, 1.82) is 0 Å². The number of carbonyl (C=O) groups excluding carboxylic acids is 1. The highest BCUT2D eigenvalue weighted by Crippen LogP contribution is 2.52. The van der Waals surface area contributed by atoms with Crippen molar-refractivity contribution in [1.82, 2.24) is 19.6 Å². The van der Waals surface area contributed by atoms with E-state index in [1.54, 1.807) is 4.68 Å². The minimum atomic E-state index is -0.639. The van der Waals surface area contributed by atoms with Gasteiger partial charge in [-0.05, 0) is 45.2 Å². The lowest BCUT2D eigenvalue weighted by Gasteiger charge is -2.43. The maximum atomic E-state index is 12.6. The van der Waals surface area contributed by atoms with Crippen LogP contribution < -0.4 is 0 Å². The summed E-state index contributed by atoms with van der Waals surface area (Å²) in [5.41, 5.74) is 0.353. The molecule has 4 atom stereocenters. The third kappa shape index (κ3) is 3.92. The molecule has 6 nitrogen and oxygen atoms in total. The van der Waals surface area contributed by atoms with Crippen LogP contribution in [0.15, 0.2) is 12.4 Å². The van der Waals surface area contributed by atoms with Crippen molar-refractivity contribution in [2.75, 3.05) is 20.6 Å². The molecule has 0 unspecified atom stereocenters. The van der Waals surface area contributed by atoms with Crippen LogP contribution in [0.4, 0.5) is 0 Å². The van der Waals surface area contributed by atoms with Crippen molar-refractivity contribution in [3.8, 4) is 0 Å². The number of carbonyl (C=O) groups is 1. The molecule has 2 aliphatic rings. The fraction of sp³-hybridized carbons (Fsp3) is 0.810. The van der Waals surface area contributed by atoms with Gasteiger partial charge in [-0.15, -0.1) is 0 Å². The second-order valence-electron chi connectivity index (χ2n) is 9.27. The molecule has 27 heavy (non-hydrogen) atoms. The first-order chi connectivity index (χ1) is 12.6. The number of fused-ring (bicyclic) bond motifs is 1. The molecule has 1 amide bonds. The van der Waals surface area contributed by atoms with Gasteiger partial charge in [0.2, 0.25) is 5.91 Å². The molecule has 0 spiro atoms. The van der Waals surface area contributed by atoms with Gasteiger partial charge in [-0.2, -0.15) is 5.10 Å². The van der Waals surface area contributed by atoms with Crippen LogP contribution in [0.3, 0.4) is 0 Å². The number of aryl methyl sites for hydroxylation is 2. The van der Waals surface area contributed by atoms with Crippen molar-refractivity contribution in [3.63, 3.8) is 0 Å². The monoisotopic (exact) mass is 376 g/mol. The summed E-state index contributed by atoms with van der Waals surface area (Å²) >= 11 is 0. The van der Waals surface area contributed by atoms with Crippen molar-refractivity contribution in [2.24, 2.45) is 12.5 Å². The van der Waals surface area contributed by atoms with Crippen molar-refractivity contribution in [3.05, 3.63) is 18.0 Å². The van der Waals surface area contributed by atoms with Crippen LogP contribution in [0.25, 0.3) is 0 Å². The quantitative estimate of drug-likeness (QED) is 0.856. The van der Waals surface area contributed by atoms with E-state index in [0.29, 0.717) is 18.5 Å². The Morgan fingerprint density at radius 3 is 2.78 bits per heavy atom. The number of nitrogens with zero attached hydrogens (tertiary/aromatic N) is 4. The first-order valence-electron chi connectivity index (χ1n) is 10.3. The third-order valence-corrected chi connectivity index (χ3v) is 7.38. The number of amides is 1. The third-order valence-electron chi connectivity index (χ3n) is 7.38. The topological polar surface area (TPSA) is 61.6 Å². The first-order valence-corrected chi connectivity index (χ1v) is 10.3. The molecule has 152 valence electrons. The predicted molar refractivity (Wildman–Crippen MR) is 106 cm³/mol. The lowest BCUT2D eigenvalue weighted by atomic mass is 9.67. The number of aromatic nitrogens is 2. The van der Waals surface area contributed by atoms with E-state index in [9.17, 15) is 9.90 Å². The smallest absolute Gasteiger partial charge is 0.222 e. The molecule has 1 saturated heterocycles. The zero-order chi connectivity index (χ0) is 19.8. The van der Waals surface area contributed by atoms with Crippen LogP contribution >= 0.6 is 0 Å². The second-order valence-corrected chi connectivity index (χ2v) is 9.27. The summed E-state index contributed by atoms with van der Waals surface area (Å²) in [6.07, 6.45) is 10.3. The van der Waals surface area contributed by atoms with Gasteiger partial charge in [0.25, 0.3) is 0 Å². The highest BCUT2D eigenvalue weighted by Gasteiger charge is 2.57. The summed E-state index contributed by atoms with van der Waals surface area (Å²) in [4.78, 5) is 16.9. The van der Waals surface area contributed by atoms with E-state index in [2.05, 4.69) is 24.0 Å². The highest BCUT2D eigenvalue weighted by atomic mass is 16.3. The van der Waals surface area contributed by atoms with E-state index in [4.69, 9.17) is 0 Å². The molecular weight excluding hydrogens is 340 g/mol. The molecule has 6 heteroatoms. The standard InChI is InChI=1S/C21H36N4O2/c1-20-12-17(25(5)18(20)8-6-7-11-21(20,2)27)15-23(3)19(26)10-9-16-13-22-24(4)14-16/h13-14,17-18,27H,6-12,15H2,1-5H3/t17-,18-,20-,21+/m1/s1. The second kappa shape index (κ2) is 7.55. The van der Waals surface area contributed by atoms with Crippen LogP contribution in [-0.2, 0) is 18.3 Å². The number of aliphatic hydroxyl groups is 1. The van der Waals surface area contributed by atoms with Crippen molar-refractivity contribution < 1.29 is 9.90 Å². The van der Waals surface area contributed by atoms with E-state index in [-0.39, 0.29) is 11.3 Å². The predicted octanol–water partition coefficient (Wildman–Crippen LogP) is 2.22. The van der Waals surface area contributed by atoms with E-state index in [1.807, 2.05) is 38.3 Å².